The van der Waals surface area contributed by atoms with Gasteiger partial charge in [-0.05, 0) is 19.4 Å². The molecule has 0 amide bonds. The van der Waals surface area contributed by atoms with Gasteiger partial charge >= 0.3 is 0 Å². The minimum Gasteiger partial charge on any atom is -0.312 e. The largest absolute Gasteiger partial charge is 0.312 e. The molecule has 0 aliphatic carbocycles. The Labute approximate surface area is 67.7 Å². The topological polar surface area (TPSA) is 29.1 Å². The van der Waals surface area contributed by atoms with Gasteiger partial charge in [0.05, 0.1) is 0 Å². The molecule has 0 atom stereocenters. The third kappa shape index (κ3) is 2.46. The standard InChI is InChI=1S/C9H15NO/c1-2-4-9(11)8-5-3-6-10-7-8/h5,10H,2-4,6-7H2,1H3. The second kappa shape index (κ2) is 4.29. The Kier molecular flexibility index (Phi) is 3.30. The van der Waals surface area contributed by atoms with Gasteiger partial charge in [-0.15, -0.1) is 0 Å². The van der Waals surface area contributed by atoms with Crippen LogP contribution in [0.3, 0.4) is 0 Å². The van der Waals surface area contributed by atoms with Gasteiger partial charge in [0, 0.05) is 18.5 Å². The Morgan fingerprint density at radius 3 is 3.09 bits per heavy atom. The van der Waals surface area contributed by atoms with Crippen molar-refractivity contribution in [1.82, 2.24) is 5.32 Å². The monoisotopic (exact) mass is 153 g/mol. The SMILES string of the molecule is CCCC(=O)C1=CCCNC1. The van der Waals surface area contributed by atoms with Crippen molar-refractivity contribution in [2.45, 2.75) is 26.2 Å². The molecule has 0 aromatic rings. The Bertz CT molecular complexity index is 172. The zero-order valence-corrected chi connectivity index (χ0v) is 7.02. The molecule has 2 nitrogen and oxygen atoms in total. The van der Waals surface area contributed by atoms with E-state index in [9.17, 15) is 4.79 Å². The number of carbonyl (C=O) groups is 1. The van der Waals surface area contributed by atoms with Gasteiger partial charge in [-0.25, -0.2) is 0 Å². The van der Waals surface area contributed by atoms with E-state index in [-0.39, 0.29) is 0 Å². The molecule has 1 aliphatic rings. The first-order chi connectivity index (χ1) is 5.34. The van der Waals surface area contributed by atoms with Gasteiger partial charge in [0.15, 0.2) is 5.78 Å². The van der Waals surface area contributed by atoms with Crippen LogP contribution in [0.2, 0.25) is 0 Å². The number of hydrogen-bond donors (Lipinski definition) is 1. The van der Waals surface area contributed by atoms with Crippen molar-refractivity contribution in [3.05, 3.63) is 11.6 Å². The van der Waals surface area contributed by atoms with E-state index in [1.54, 1.807) is 0 Å². The van der Waals surface area contributed by atoms with Crippen molar-refractivity contribution in [3.8, 4) is 0 Å². The normalized spacial score (nSPS) is 17.7. The third-order valence-corrected chi connectivity index (χ3v) is 1.86. The highest BCUT2D eigenvalue weighted by Gasteiger charge is 2.09. The summed E-state index contributed by atoms with van der Waals surface area (Å²) in [4.78, 5) is 11.3. The number of ketones is 1. The zero-order chi connectivity index (χ0) is 8.10. The van der Waals surface area contributed by atoms with E-state index in [1.807, 2.05) is 6.92 Å². The van der Waals surface area contributed by atoms with Crippen LogP contribution in [0.15, 0.2) is 11.6 Å². The molecule has 0 aromatic heterocycles. The van der Waals surface area contributed by atoms with Gasteiger partial charge in [-0.3, -0.25) is 4.79 Å². The molecule has 0 bridgehead atoms. The Morgan fingerprint density at radius 1 is 1.73 bits per heavy atom. The van der Waals surface area contributed by atoms with Crippen molar-refractivity contribution < 1.29 is 4.79 Å². The summed E-state index contributed by atoms with van der Waals surface area (Å²) in [6.07, 6.45) is 4.73. The van der Waals surface area contributed by atoms with Crippen LogP contribution in [-0.4, -0.2) is 18.9 Å². The fraction of sp³-hybridized carbons (Fsp3) is 0.667. The van der Waals surface area contributed by atoms with E-state index in [4.69, 9.17) is 0 Å². The first kappa shape index (κ1) is 8.47. The molecule has 11 heavy (non-hydrogen) atoms. The smallest absolute Gasteiger partial charge is 0.159 e. The van der Waals surface area contributed by atoms with Crippen LogP contribution >= 0.6 is 0 Å². The Morgan fingerprint density at radius 2 is 2.55 bits per heavy atom. The highest BCUT2D eigenvalue weighted by atomic mass is 16.1. The second-order valence-electron chi connectivity index (χ2n) is 2.87. The summed E-state index contributed by atoms with van der Waals surface area (Å²) in [7, 11) is 0. The van der Waals surface area contributed by atoms with Crippen LogP contribution in [0.4, 0.5) is 0 Å². The zero-order valence-electron chi connectivity index (χ0n) is 7.02. The van der Waals surface area contributed by atoms with Crippen LogP contribution < -0.4 is 5.32 Å². The van der Waals surface area contributed by atoms with Crippen molar-refractivity contribution in [3.63, 3.8) is 0 Å². The quantitative estimate of drug-likeness (QED) is 0.661. The second-order valence-corrected chi connectivity index (χ2v) is 2.87. The Balaban J connectivity index is 2.44. The molecular weight excluding hydrogens is 138 g/mol. The summed E-state index contributed by atoms with van der Waals surface area (Å²) in [5, 5.41) is 3.19. The van der Waals surface area contributed by atoms with Crippen LogP contribution in [0.5, 0.6) is 0 Å². The molecule has 1 aliphatic heterocycles. The number of rotatable bonds is 3. The van der Waals surface area contributed by atoms with Crippen molar-refractivity contribution in [1.29, 1.82) is 0 Å². The minimum absolute atomic E-state index is 0.319. The number of carbonyl (C=O) groups excluding carboxylic acids is 1. The van der Waals surface area contributed by atoms with Crippen molar-refractivity contribution >= 4 is 5.78 Å². The lowest BCUT2D eigenvalue weighted by Gasteiger charge is -2.12. The van der Waals surface area contributed by atoms with Crippen molar-refractivity contribution in [2.24, 2.45) is 0 Å². The van der Waals surface area contributed by atoms with E-state index >= 15 is 0 Å². The fourth-order valence-corrected chi connectivity index (χ4v) is 1.24. The molecule has 0 fully saturated rings. The molecular formula is C9H15NO. The molecule has 0 aromatic carbocycles. The molecule has 1 N–H and O–H groups in total. The maximum absolute atomic E-state index is 11.3. The van der Waals surface area contributed by atoms with Gasteiger partial charge in [0.1, 0.15) is 0 Å². The predicted octanol–water partition coefficient (Wildman–Crippen LogP) is 1.28. The first-order valence-corrected chi connectivity index (χ1v) is 4.27. The first-order valence-electron chi connectivity index (χ1n) is 4.27. The van der Waals surface area contributed by atoms with Crippen LogP contribution in [0, 0.1) is 0 Å². The number of nitrogens with one attached hydrogen (secondary N) is 1. The summed E-state index contributed by atoms with van der Waals surface area (Å²) >= 11 is 0. The molecule has 1 heterocycles. The molecule has 1 rings (SSSR count). The highest BCUT2D eigenvalue weighted by molar-refractivity contribution is 5.95. The van der Waals surface area contributed by atoms with Crippen molar-refractivity contribution in [2.75, 3.05) is 13.1 Å². The maximum atomic E-state index is 11.3. The molecule has 0 saturated heterocycles. The minimum atomic E-state index is 0.319. The molecule has 0 saturated carbocycles. The van der Waals surface area contributed by atoms with E-state index in [0.29, 0.717) is 12.2 Å². The van der Waals surface area contributed by atoms with E-state index in [1.165, 1.54) is 0 Å². The number of Topliss-reactive ketones (excluding diaryl/α,β-unsaturated/α-hetero) is 1. The lowest BCUT2D eigenvalue weighted by Crippen LogP contribution is -2.25. The third-order valence-electron chi connectivity index (χ3n) is 1.86. The summed E-state index contributed by atoms with van der Waals surface area (Å²) in [5.74, 6) is 0.319. The number of hydrogen-bond acceptors (Lipinski definition) is 2. The molecule has 0 unspecified atom stereocenters. The van der Waals surface area contributed by atoms with E-state index in [0.717, 1.165) is 31.5 Å². The van der Waals surface area contributed by atoms with E-state index < -0.39 is 0 Å². The maximum Gasteiger partial charge on any atom is 0.159 e. The molecule has 62 valence electrons. The van der Waals surface area contributed by atoms with Gasteiger partial charge in [0.2, 0.25) is 0 Å². The van der Waals surface area contributed by atoms with Gasteiger partial charge in [-0.2, -0.15) is 0 Å². The van der Waals surface area contributed by atoms with Gasteiger partial charge < -0.3 is 5.32 Å². The average Bonchev–Trinajstić information content (AvgIpc) is 2.07. The molecule has 0 radical (unpaired) electrons. The Hall–Kier alpha value is -0.630. The van der Waals surface area contributed by atoms with Crippen LogP contribution in [0.1, 0.15) is 26.2 Å². The molecule has 2 heteroatoms. The van der Waals surface area contributed by atoms with E-state index in [2.05, 4.69) is 11.4 Å². The molecule has 0 spiro atoms. The lowest BCUT2D eigenvalue weighted by atomic mass is 10.0. The van der Waals surface area contributed by atoms with Crippen LogP contribution in [-0.2, 0) is 4.79 Å². The fourth-order valence-electron chi connectivity index (χ4n) is 1.24. The van der Waals surface area contributed by atoms with Gasteiger partial charge in [0.25, 0.3) is 0 Å². The lowest BCUT2D eigenvalue weighted by molar-refractivity contribution is -0.115. The highest BCUT2D eigenvalue weighted by Crippen LogP contribution is 2.05. The predicted molar refractivity (Wildman–Crippen MR) is 45.5 cm³/mol. The summed E-state index contributed by atoms with van der Waals surface area (Å²) < 4.78 is 0. The summed E-state index contributed by atoms with van der Waals surface area (Å²) in [5.41, 5.74) is 0.984. The summed E-state index contributed by atoms with van der Waals surface area (Å²) in [6, 6.07) is 0. The van der Waals surface area contributed by atoms with Gasteiger partial charge in [-0.1, -0.05) is 13.0 Å². The summed E-state index contributed by atoms with van der Waals surface area (Å²) in [6.45, 7) is 3.83. The average molecular weight is 153 g/mol. The van der Waals surface area contributed by atoms with Crippen LogP contribution in [0.25, 0.3) is 0 Å².